The summed E-state index contributed by atoms with van der Waals surface area (Å²) in [6.45, 7) is 1.64. The summed E-state index contributed by atoms with van der Waals surface area (Å²) in [6, 6.07) is 11.7. The Hall–Kier alpha value is -1.26. The predicted molar refractivity (Wildman–Crippen MR) is 78.8 cm³/mol. The van der Waals surface area contributed by atoms with Gasteiger partial charge in [-0.15, -0.1) is 0 Å². The summed E-state index contributed by atoms with van der Waals surface area (Å²) in [5.74, 6) is -0.479. The standard InChI is InChI=1S/C16H14BrF2N/c17-15-11(2-1-3-14(15)19)8-16(9-20-10-16)12-4-6-13(18)7-5-12/h1-7,20H,8-10H2. The third kappa shape index (κ3) is 2.38. The van der Waals surface area contributed by atoms with Crippen molar-refractivity contribution >= 4 is 15.9 Å². The second kappa shape index (κ2) is 5.26. The summed E-state index contributed by atoms with van der Waals surface area (Å²) in [4.78, 5) is 0. The fourth-order valence-corrected chi connectivity index (χ4v) is 3.12. The molecule has 0 radical (unpaired) electrons. The van der Waals surface area contributed by atoms with E-state index >= 15 is 0 Å². The Morgan fingerprint density at radius 3 is 2.35 bits per heavy atom. The average molecular weight is 338 g/mol. The van der Waals surface area contributed by atoms with Crippen molar-refractivity contribution in [3.8, 4) is 0 Å². The molecule has 104 valence electrons. The van der Waals surface area contributed by atoms with E-state index in [2.05, 4.69) is 21.2 Å². The van der Waals surface area contributed by atoms with Gasteiger partial charge < -0.3 is 5.32 Å². The molecule has 1 N–H and O–H groups in total. The first-order chi connectivity index (χ1) is 9.61. The molecule has 1 aliphatic heterocycles. The molecule has 0 bridgehead atoms. The number of rotatable bonds is 3. The van der Waals surface area contributed by atoms with Gasteiger partial charge in [0.05, 0.1) is 4.47 Å². The fourth-order valence-electron chi connectivity index (χ4n) is 2.71. The minimum atomic E-state index is -0.246. The van der Waals surface area contributed by atoms with Gasteiger partial charge in [0.2, 0.25) is 0 Å². The number of hydrogen-bond donors (Lipinski definition) is 1. The topological polar surface area (TPSA) is 12.0 Å². The van der Waals surface area contributed by atoms with Crippen LogP contribution in [0.2, 0.25) is 0 Å². The van der Waals surface area contributed by atoms with Gasteiger partial charge in [-0.25, -0.2) is 8.78 Å². The van der Waals surface area contributed by atoms with E-state index in [1.54, 1.807) is 6.07 Å². The van der Waals surface area contributed by atoms with Crippen molar-refractivity contribution in [2.45, 2.75) is 11.8 Å². The first-order valence-corrected chi connectivity index (χ1v) is 7.30. The van der Waals surface area contributed by atoms with Crippen LogP contribution in [-0.4, -0.2) is 13.1 Å². The number of benzene rings is 2. The minimum Gasteiger partial charge on any atom is -0.315 e. The van der Waals surface area contributed by atoms with E-state index in [0.717, 1.165) is 30.6 Å². The molecule has 0 atom stereocenters. The zero-order valence-electron chi connectivity index (χ0n) is 10.8. The van der Waals surface area contributed by atoms with Gasteiger partial charge in [-0.2, -0.15) is 0 Å². The van der Waals surface area contributed by atoms with Crippen molar-refractivity contribution in [2.75, 3.05) is 13.1 Å². The molecule has 0 aliphatic carbocycles. The molecule has 4 heteroatoms. The lowest BCUT2D eigenvalue weighted by atomic mass is 9.71. The van der Waals surface area contributed by atoms with Crippen molar-refractivity contribution in [2.24, 2.45) is 0 Å². The van der Waals surface area contributed by atoms with Crippen LogP contribution in [0.1, 0.15) is 11.1 Å². The number of halogens is 3. The highest BCUT2D eigenvalue weighted by atomic mass is 79.9. The third-order valence-electron chi connectivity index (χ3n) is 3.94. The van der Waals surface area contributed by atoms with Crippen molar-refractivity contribution in [3.05, 3.63) is 69.7 Å². The van der Waals surface area contributed by atoms with E-state index in [1.165, 1.54) is 18.2 Å². The quantitative estimate of drug-likeness (QED) is 0.897. The normalized spacial score (nSPS) is 16.8. The van der Waals surface area contributed by atoms with Crippen LogP contribution in [0.3, 0.4) is 0 Å². The van der Waals surface area contributed by atoms with Gasteiger partial charge in [0, 0.05) is 18.5 Å². The largest absolute Gasteiger partial charge is 0.315 e. The Balaban J connectivity index is 1.94. The highest BCUT2D eigenvalue weighted by molar-refractivity contribution is 9.10. The Bertz CT molecular complexity index is 621. The summed E-state index contributed by atoms with van der Waals surface area (Å²) in [7, 11) is 0. The highest BCUT2D eigenvalue weighted by Gasteiger charge is 2.39. The zero-order valence-corrected chi connectivity index (χ0v) is 12.4. The molecule has 0 saturated carbocycles. The molecule has 0 spiro atoms. The van der Waals surface area contributed by atoms with Crippen LogP contribution in [-0.2, 0) is 11.8 Å². The summed E-state index contributed by atoms with van der Waals surface area (Å²) < 4.78 is 27.2. The first kappa shape index (κ1) is 13.7. The first-order valence-electron chi connectivity index (χ1n) is 6.50. The Kier molecular flexibility index (Phi) is 3.61. The molecule has 2 aromatic rings. The van der Waals surface area contributed by atoms with Gasteiger partial charge in [0.25, 0.3) is 0 Å². The van der Waals surface area contributed by atoms with E-state index in [4.69, 9.17) is 0 Å². The Labute approximate surface area is 125 Å². The van der Waals surface area contributed by atoms with Gasteiger partial charge in [-0.1, -0.05) is 24.3 Å². The molecule has 20 heavy (non-hydrogen) atoms. The molecule has 0 unspecified atom stereocenters. The van der Waals surface area contributed by atoms with Crippen LogP contribution in [0.5, 0.6) is 0 Å². The second-order valence-electron chi connectivity index (χ2n) is 5.28. The lowest BCUT2D eigenvalue weighted by molar-refractivity contribution is 0.274. The molecular formula is C16H14BrF2N. The second-order valence-corrected chi connectivity index (χ2v) is 6.07. The van der Waals surface area contributed by atoms with Crippen LogP contribution >= 0.6 is 15.9 Å². The molecule has 3 rings (SSSR count). The molecule has 0 aromatic heterocycles. The zero-order chi connectivity index (χ0) is 14.2. The molecule has 1 saturated heterocycles. The molecule has 1 aliphatic rings. The minimum absolute atomic E-state index is 0.0794. The van der Waals surface area contributed by atoms with Crippen LogP contribution in [0.4, 0.5) is 8.78 Å². The van der Waals surface area contributed by atoms with Gasteiger partial charge in [0.1, 0.15) is 11.6 Å². The average Bonchev–Trinajstić information content (AvgIpc) is 2.40. The SMILES string of the molecule is Fc1ccc(C2(Cc3cccc(F)c3Br)CNC2)cc1. The maximum atomic E-state index is 13.6. The summed E-state index contributed by atoms with van der Waals surface area (Å²) in [6.07, 6.45) is 0.726. The Morgan fingerprint density at radius 2 is 1.75 bits per heavy atom. The number of hydrogen-bond acceptors (Lipinski definition) is 1. The smallest absolute Gasteiger partial charge is 0.137 e. The van der Waals surface area contributed by atoms with Gasteiger partial charge in [0.15, 0.2) is 0 Å². The van der Waals surface area contributed by atoms with Crippen LogP contribution in [0, 0.1) is 11.6 Å². The lowest BCUT2D eigenvalue weighted by Crippen LogP contribution is -2.58. The maximum Gasteiger partial charge on any atom is 0.137 e. The van der Waals surface area contributed by atoms with Crippen molar-refractivity contribution in [3.63, 3.8) is 0 Å². The van der Waals surface area contributed by atoms with Gasteiger partial charge in [-0.3, -0.25) is 0 Å². The number of nitrogens with one attached hydrogen (secondary N) is 1. The molecular weight excluding hydrogens is 324 g/mol. The molecule has 1 heterocycles. The highest BCUT2D eigenvalue weighted by Crippen LogP contribution is 2.35. The summed E-state index contributed by atoms with van der Waals surface area (Å²) in [5, 5.41) is 3.27. The van der Waals surface area contributed by atoms with Crippen LogP contribution in [0.15, 0.2) is 46.9 Å². The van der Waals surface area contributed by atoms with E-state index in [1.807, 2.05) is 18.2 Å². The van der Waals surface area contributed by atoms with Crippen LogP contribution < -0.4 is 5.32 Å². The fraction of sp³-hybridized carbons (Fsp3) is 0.250. The summed E-state index contributed by atoms with van der Waals surface area (Å²) >= 11 is 3.31. The van der Waals surface area contributed by atoms with Gasteiger partial charge >= 0.3 is 0 Å². The third-order valence-corrected chi connectivity index (χ3v) is 4.83. The van der Waals surface area contributed by atoms with Crippen LogP contribution in [0.25, 0.3) is 0 Å². The molecule has 1 fully saturated rings. The van der Waals surface area contributed by atoms with Crippen molar-refractivity contribution in [1.29, 1.82) is 0 Å². The van der Waals surface area contributed by atoms with Crippen molar-refractivity contribution < 1.29 is 8.78 Å². The van der Waals surface area contributed by atoms with E-state index < -0.39 is 0 Å². The molecule has 1 nitrogen and oxygen atoms in total. The summed E-state index contributed by atoms with van der Waals surface area (Å²) in [5.41, 5.74) is 1.95. The van der Waals surface area contributed by atoms with E-state index in [-0.39, 0.29) is 17.0 Å². The monoisotopic (exact) mass is 337 g/mol. The lowest BCUT2D eigenvalue weighted by Gasteiger charge is -2.43. The molecule has 0 amide bonds. The van der Waals surface area contributed by atoms with E-state index in [9.17, 15) is 8.78 Å². The van der Waals surface area contributed by atoms with E-state index in [0.29, 0.717) is 4.47 Å². The molecule has 2 aromatic carbocycles. The van der Waals surface area contributed by atoms with Crippen molar-refractivity contribution in [1.82, 2.24) is 5.32 Å². The van der Waals surface area contributed by atoms with Gasteiger partial charge in [-0.05, 0) is 51.7 Å². The maximum absolute atomic E-state index is 13.6. The predicted octanol–water partition coefficient (Wildman–Crippen LogP) is 3.81. The Morgan fingerprint density at radius 1 is 1.05 bits per heavy atom.